The maximum Gasteiger partial charge on any atom is 0.257 e. The number of nitrogens with one attached hydrogen (secondary N) is 3. The Morgan fingerprint density at radius 3 is 2.62 bits per heavy atom. The van der Waals surface area contributed by atoms with E-state index >= 15 is 0 Å². The average Bonchev–Trinajstić information content (AvgIpc) is 3.47. The summed E-state index contributed by atoms with van der Waals surface area (Å²) >= 11 is 0. The molecule has 5 rings (SSSR count). The van der Waals surface area contributed by atoms with Crippen molar-refractivity contribution in [1.29, 1.82) is 0 Å². The molecule has 0 aliphatic rings. The molecule has 3 N–H and O–H groups in total. The zero-order valence-electron chi connectivity index (χ0n) is 18.7. The van der Waals surface area contributed by atoms with Gasteiger partial charge in [-0.3, -0.25) is 19.7 Å². The van der Waals surface area contributed by atoms with Gasteiger partial charge in [-0.15, -0.1) is 0 Å². The van der Waals surface area contributed by atoms with Crippen LogP contribution >= 0.6 is 0 Å². The number of rotatable bonds is 5. The molecule has 5 heterocycles. The number of fused-ring (bicyclic) bond motifs is 2. The average molecular weight is 455 g/mol. The third-order valence-electron chi connectivity index (χ3n) is 5.36. The van der Waals surface area contributed by atoms with Crippen LogP contribution in [0.5, 0.6) is 0 Å². The largest absolute Gasteiger partial charge is 0.345 e. The number of pyridine rings is 3. The quantitative estimate of drug-likeness (QED) is 0.369. The fourth-order valence-corrected chi connectivity index (χ4v) is 3.55. The molecule has 2 amide bonds. The van der Waals surface area contributed by atoms with E-state index in [0.717, 1.165) is 16.5 Å². The summed E-state index contributed by atoms with van der Waals surface area (Å²) in [5, 5.41) is 10.8. The minimum absolute atomic E-state index is 0.0946. The molecule has 34 heavy (non-hydrogen) atoms. The normalized spacial score (nSPS) is 11.1. The van der Waals surface area contributed by atoms with Crippen molar-refractivity contribution in [3.8, 4) is 22.6 Å². The van der Waals surface area contributed by atoms with E-state index in [1.807, 2.05) is 12.1 Å². The Morgan fingerprint density at radius 1 is 1.06 bits per heavy atom. The molecular weight excluding hydrogens is 434 g/mol. The molecule has 0 saturated carbocycles. The van der Waals surface area contributed by atoms with Gasteiger partial charge in [0.1, 0.15) is 17.0 Å². The summed E-state index contributed by atoms with van der Waals surface area (Å²) in [5.41, 5.74) is 4.41. The Labute approximate surface area is 193 Å². The van der Waals surface area contributed by atoms with Crippen molar-refractivity contribution in [2.24, 2.45) is 0 Å². The second-order valence-corrected chi connectivity index (χ2v) is 7.89. The number of carbonyl (C=O) groups is 2. The molecular formula is C23H21N9O2. The van der Waals surface area contributed by atoms with E-state index in [2.05, 4.69) is 40.4 Å². The lowest BCUT2D eigenvalue weighted by Crippen LogP contribution is -2.22. The van der Waals surface area contributed by atoms with Gasteiger partial charge in [0, 0.05) is 50.2 Å². The first-order valence-electron chi connectivity index (χ1n) is 10.6. The first kappa shape index (κ1) is 21.2. The van der Waals surface area contributed by atoms with Gasteiger partial charge in [-0.05, 0) is 18.2 Å². The number of nitrogens with zero attached hydrogens (tertiary/aromatic N) is 6. The predicted octanol–water partition coefficient (Wildman–Crippen LogP) is 3.01. The molecule has 5 aromatic heterocycles. The number of hydrogen-bond acceptors (Lipinski definition) is 7. The van der Waals surface area contributed by atoms with Crippen molar-refractivity contribution in [2.45, 2.75) is 13.3 Å². The minimum atomic E-state index is -0.182. The zero-order valence-corrected chi connectivity index (χ0v) is 18.7. The molecule has 5 aromatic rings. The summed E-state index contributed by atoms with van der Waals surface area (Å²) in [6.45, 7) is 1.78. The molecule has 0 bridgehead atoms. The third kappa shape index (κ3) is 3.72. The van der Waals surface area contributed by atoms with Crippen LogP contribution in [0.1, 0.15) is 23.7 Å². The highest BCUT2D eigenvalue weighted by atomic mass is 16.2. The monoisotopic (exact) mass is 455 g/mol. The molecule has 170 valence electrons. The summed E-state index contributed by atoms with van der Waals surface area (Å²) in [4.78, 5) is 46.4. The van der Waals surface area contributed by atoms with Crippen LogP contribution in [0.25, 0.3) is 44.7 Å². The van der Waals surface area contributed by atoms with Crippen molar-refractivity contribution in [2.75, 3.05) is 19.4 Å². The van der Waals surface area contributed by atoms with E-state index in [9.17, 15) is 9.59 Å². The lowest BCUT2D eigenvalue weighted by atomic mass is 10.1. The van der Waals surface area contributed by atoms with Crippen molar-refractivity contribution < 1.29 is 9.59 Å². The number of aromatic amines is 2. The SMILES string of the molecule is CCC(=O)Nc1ccc(-c2cnc3[nH]nc(-c4nc5c(C(=O)N(C)C)cncc5[nH]4)c3c2)cn1. The fraction of sp³-hybridized carbons (Fsp3) is 0.174. The van der Waals surface area contributed by atoms with Gasteiger partial charge in [-0.25, -0.2) is 15.0 Å². The van der Waals surface area contributed by atoms with Crippen LogP contribution in [-0.2, 0) is 4.79 Å². The Kier molecular flexibility index (Phi) is 5.21. The smallest absolute Gasteiger partial charge is 0.257 e. The first-order valence-corrected chi connectivity index (χ1v) is 10.6. The van der Waals surface area contributed by atoms with E-state index in [1.54, 1.807) is 45.7 Å². The molecule has 0 aliphatic heterocycles. The summed E-state index contributed by atoms with van der Waals surface area (Å²) in [5.74, 6) is 0.713. The number of imidazole rings is 1. The van der Waals surface area contributed by atoms with Crippen molar-refractivity contribution >= 4 is 39.7 Å². The van der Waals surface area contributed by atoms with Gasteiger partial charge in [0.2, 0.25) is 5.91 Å². The fourth-order valence-electron chi connectivity index (χ4n) is 3.55. The number of hydrogen-bond donors (Lipinski definition) is 3. The first-order chi connectivity index (χ1) is 16.4. The van der Waals surface area contributed by atoms with Crippen LogP contribution < -0.4 is 5.32 Å². The number of amides is 2. The highest BCUT2D eigenvalue weighted by molar-refractivity contribution is 6.05. The van der Waals surface area contributed by atoms with E-state index in [4.69, 9.17) is 0 Å². The second kappa shape index (κ2) is 8.35. The van der Waals surface area contributed by atoms with E-state index in [0.29, 0.717) is 46.0 Å². The molecule has 0 fully saturated rings. The molecule has 0 atom stereocenters. The molecule has 0 unspecified atom stereocenters. The highest BCUT2D eigenvalue weighted by Crippen LogP contribution is 2.29. The van der Waals surface area contributed by atoms with Crippen molar-refractivity contribution in [1.82, 2.24) is 40.0 Å². The van der Waals surface area contributed by atoms with E-state index in [-0.39, 0.29) is 11.8 Å². The molecule has 0 aliphatic carbocycles. The van der Waals surface area contributed by atoms with Crippen LogP contribution in [0.4, 0.5) is 5.82 Å². The maximum absolute atomic E-state index is 12.5. The van der Waals surface area contributed by atoms with Gasteiger partial charge in [-0.1, -0.05) is 6.92 Å². The Hall–Kier alpha value is -4.67. The van der Waals surface area contributed by atoms with Gasteiger partial charge >= 0.3 is 0 Å². The predicted molar refractivity (Wildman–Crippen MR) is 127 cm³/mol. The van der Waals surface area contributed by atoms with Gasteiger partial charge in [0.15, 0.2) is 11.5 Å². The number of aromatic nitrogens is 7. The second-order valence-electron chi connectivity index (χ2n) is 7.89. The van der Waals surface area contributed by atoms with Gasteiger partial charge in [0.25, 0.3) is 5.91 Å². The van der Waals surface area contributed by atoms with Crippen LogP contribution in [-0.4, -0.2) is 65.9 Å². The zero-order chi connectivity index (χ0) is 23.8. The summed E-state index contributed by atoms with van der Waals surface area (Å²) in [6, 6.07) is 5.56. The van der Waals surface area contributed by atoms with Crippen LogP contribution in [0.2, 0.25) is 0 Å². The molecule has 11 heteroatoms. The van der Waals surface area contributed by atoms with Gasteiger partial charge in [0.05, 0.1) is 22.7 Å². The van der Waals surface area contributed by atoms with Gasteiger partial charge < -0.3 is 15.2 Å². The third-order valence-corrected chi connectivity index (χ3v) is 5.36. The van der Waals surface area contributed by atoms with Crippen LogP contribution in [0.3, 0.4) is 0 Å². The van der Waals surface area contributed by atoms with Crippen molar-refractivity contribution in [3.05, 3.63) is 48.5 Å². The van der Waals surface area contributed by atoms with E-state index < -0.39 is 0 Å². The molecule has 0 aromatic carbocycles. The molecule has 0 radical (unpaired) electrons. The summed E-state index contributed by atoms with van der Waals surface area (Å²) in [6.07, 6.45) is 6.93. The van der Waals surface area contributed by atoms with Crippen LogP contribution in [0, 0.1) is 0 Å². The highest BCUT2D eigenvalue weighted by Gasteiger charge is 2.19. The topological polar surface area (TPSA) is 145 Å². The lowest BCUT2D eigenvalue weighted by Gasteiger charge is -2.09. The molecule has 0 spiro atoms. The van der Waals surface area contributed by atoms with E-state index in [1.165, 1.54) is 11.1 Å². The number of H-pyrrole nitrogens is 2. The summed E-state index contributed by atoms with van der Waals surface area (Å²) < 4.78 is 0. The minimum Gasteiger partial charge on any atom is -0.345 e. The Morgan fingerprint density at radius 2 is 1.88 bits per heavy atom. The Bertz CT molecular complexity index is 1530. The maximum atomic E-state index is 12.5. The number of carbonyl (C=O) groups excluding carboxylic acids is 2. The molecule has 11 nitrogen and oxygen atoms in total. The van der Waals surface area contributed by atoms with Crippen molar-refractivity contribution in [3.63, 3.8) is 0 Å². The van der Waals surface area contributed by atoms with Gasteiger partial charge in [-0.2, -0.15) is 5.10 Å². The lowest BCUT2D eigenvalue weighted by molar-refractivity contribution is -0.115. The van der Waals surface area contributed by atoms with Crippen LogP contribution in [0.15, 0.2) is 43.0 Å². The number of anilines is 1. The standard InChI is InChI=1S/C23H21N9O2/c1-4-18(33)28-17-6-5-12(8-25-17)13-7-14-20(30-31-21(14)26-9-13)22-27-16-11-24-10-15(19(16)29-22)23(34)32(2)3/h5-11H,4H2,1-3H3,(H,27,29)(H,25,28,33)(H,26,30,31). The molecule has 0 saturated heterocycles. The Balaban J connectivity index is 1.54. The summed E-state index contributed by atoms with van der Waals surface area (Å²) in [7, 11) is 3.37.